The molecule has 0 amide bonds. The first-order valence-electron chi connectivity index (χ1n) is 7.18. The molecule has 0 aromatic carbocycles. The molecular weight excluding hydrogens is 238 g/mol. The molecule has 1 saturated heterocycles. The van der Waals surface area contributed by atoms with E-state index in [1.54, 1.807) is 0 Å². The number of nitrogens with one attached hydrogen (secondary N) is 1. The van der Waals surface area contributed by atoms with Crippen LogP contribution in [0.2, 0.25) is 0 Å². The zero-order valence-corrected chi connectivity index (χ0v) is 12.3. The van der Waals surface area contributed by atoms with Crippen molar-refractivity contribution in [2.45, 2.75) is 39.8 Å². The minimum Gasteiger partial charge on any atom is -0.380 e. The molecule has 1 aromatic heterocycles. The average molecular weight is 263 g/mol. The zero-order chi connectivity index (χ0) is 13.7. The van der Waals surface area contributed by atoms with Crippen molar-refractivity contribution >= 4 is 5.82 Å². The van der Waals surface area contributed by atoms with Gasteiger partial charge in [0, 0.05) is 38.5 Å². The second-order valence-corrected chi connectivity index (χ2v) is 5.47. The summed E-state index contributed by atoms with van der Waals surface area (Å²) in [5, 5.41) is 3.42. The summed E-state index contributed by atoms with van der Waals surface area (Å²) in [6.07, 6.45) is 3.07. The Morgan fingerprint density at radius 2 is 2.21 bits per heavy atom. The summed E-state index contributed by atoms with van der Waals surface area (Å²) in [6, 6.07) is 2.74. The van der Waals surface area contributed by atoms with Crippen molar-refractivity contribution in [1.82, 2.24) is 10.3 Å². The second-order valence-electron chi connectivity index (χ2n) is 5.47. The summed E-state index contributed by atoms with van der Waals surface area (Å²) < 4.78 is 5.50. The Balaban J connectivity index is 2.05. The van der Waals surface area contributed by atoms with Crippen LogP contribution in [0, 0.1) is 6.92 Å². The maximum absolute atomic E-state index is 5.50. The second kappa shape index (κ2) is 6.87. The number of aryl methyl sites for hydroxylation is 1. The first-order chi connectivity index (χ1) is 9.16. The Morgan fingerprint density at radius 1 is 1.37 bits per heavy atom. The molecule has 106 valence electrons. The van der Waals surface area contributed by atoms with E-state index in [1.165, 1.54) is 11.1 Å². The van der Waals surface area contributed by atoms with Gasteiger partial charge in [0.15, 0.2) is 0 Å². The Morgan fingerprint density at radius 3 is 2.95 bits per heavy atom. The van der Waals surface area contributed by atoms with Crippen molar-refractivity contribution in [2.75, 3.05) is 31.2 Å². The Kier molecular flexibility index (Phi) is 5.16. The predicted octanol–water partition coefficient (Wildman–Crippen LogP) is 2.11. The van der Waals surface area contributed by atoms with Gasteiger partial charge in [0.25, 0.3) is 0 Å². The van der Waals surface area contributed by atoms with Crippen LogP contribution in [0.25, 0.3) is 0 Å². The lowest BCUT2D eigenvalue weighted by Crippen LogP contribution is -2.28. The summed E-state index contributed by atoms with van der Waals surface area (Å²) >= 11 is 0. The Labute approximate surface area is 116 Å². The summed E-state index contributed by atoms with van der Waals surface area (Å²) in [4.78, 5) is 6.99. The van der Waals surface area contributed by atoms with Gasteiger partial charge in [-0.15, -0.1) is 0 Å². The number of hydrogen-bond donors (Lipinski definition) is 1. The summed E-state index contributed by atoms with van der Waals surface area (Å²) in [5.74, 6) is 1.11. The molecule has 2 rings (SSSR count). The lowest BCUT2D eigenvalue weighted by Gasteiger charge is -2.23. The van der Waals surface area contributed by atoms with Gasteiger partial charge in [0.05, 0.1) is 6.61 Å². The van der Waals surface area contributed by atoms with E-state index in [9.17, 15) is 0 Å². The molecule has 0 radical (unpaired) electrons. The Hall–Kier alpha value is -1.13. The summed E-state index contributed by atoms with van der Waals surface area (Å²) in [6.45, 7) is 11.0. The van der Waals surface area contributed by atoms with Crippen LogP contribution in [0.4, 0.5) is 5.82 Å². The van der Waals surface area contributed by atoms with Crippen molar-refractivity contribution in [3.63, 3.8) is 0 Å². The van der Waals surface area contributed by atoms with Gasteiger partial charge in [0.1, 0.15) is 5.82 Å². The van der Waals surface area contributed by atoms with Gasteiger partial charge in [-0.1, -0.05) is 13.8 Å². The Bertz CT molecular complexity index is 398. The molecule has 4 heteroatoms. The average Bonchev–Trinajstić information content (AvgIpc) is 2.65. The van der Waals surface area contributed by atoms with Crippen LogP contribution in [0.3, 0.4) is 0 Å². The number of nitrogens with zero attached hydrogens (tertiary/aromatic N) is 2. The standard InChI is InChI=1S/C15H25N3O/c1-12(2)16-10-14-9-13(3)15(17-11-14)18-5-4-7-19-8-6-18/h9,11-12,16H,4-8,10H2,1-3H3. The van der Waals surface area contributed by atoms with Crippen molar-refractivity contribution in [1.29, 1.82) is 0 Å². The number of pyridine rings is 1. The molecule has 2 heterocycles. The highest BCUT2D eigenvalue weighted by molar-refractivity contribution is 5.47. The lowest BCUT2D eigenvalue weighted by atomic mass is 10.2. The van der Waals surface area contributed by atoms with Crippen LogP contribution in [-0.4, -0.2) is 37.3 Å². The summed E-state index contributed by atoms with van der Waals surface area (Å²) in [5.41, 5.74) is 2.51. The van der Waals surface area contributed by atoms with E-state index < -0.39 is 0 Å². The van der Waals surface area contributed by atoms with Crippen LogP contribution in [0.1, 0.15) is 31.4 Å². The molecule has 0 spiro atoms. The number of aromatic nitrogens is 1. The largest absolute Gasteiger partial charge is 0.380 e. The first kappa shape index (κ1) is 14.3. The molecule has 0 unspecified atom stereocenters. The fourth-order valence-electron chi connectivity index (χ4n) is 2.33. The van der Waals surface area contributed by atoms with E-state index in [1.807, 2.05) is 6.20 Å². The number of rotatable bonds is 4. The normalized spacial score (nSPS) is 16.7. The topological polar surface area (TPSA) is 37.4 Å². The maximum Gasteiger partial charge on any atom is 0.131 e. The number of hydrogen-bond acceptors (Lipinski definition) is 4. The SMILES string of the molecule is Cc1cc(CNC(C)C)cnc1N1CCCOCC1. The molecule has 1 aliphatic heterocycles. The molecule has 19 heavy (non-hydrogen) atoms. The van der Waals surface area contributed by atoms with Crippen LogP contribution >= 0.6 is 0 Å². The molecular formula is C15H25N3O. The highest BCUT2D eigenvalue weighted by atomic mass is 16.5. The third-order valence-electron chi connectivity index (χ3n) is 3.34. The fraction of sp³-hybridized carbons (Fsp3) is 0.667. The molecule has 1 aromatic rings. The molecule has 1 fully saturated rings. The monoisotopic (exact) mass is 263 g/mol. The molecule has 4 nitrogen and oxygen atoms in total. The van der Waals surface area contributed by atoms with Gasteiger partial charge < -0.3 is 15.0 Å². The number of ether oxygens (including phenoxy) is 1. The third-order valence-corrected chi connectivity index (χ3v) is 3.34. The van der Waals surface area contributed by atoms with Gasteiger partial charge in [-0.2, -0.15) is 0 Å². The van der Waals surface area contributed by atoms with E-state index >= 15 is 0 Å². The van der Waals surface area contributed by atoms with E-state index in [4.69, 9.17) is 4.74 Å². The van der Waals surface area contributed by atoms with E-state index in [-0.39, 0.29) is 0 Å². The molecule has 0 atom stereocenters. The summed E-state index contributed by atoms with van der Waals surface area (Å²) in [7, 11) is 0. The van der Waals surface area contributed by atoms with Crippen molar-refractivity contribution < 1.29 is 4.74 Å². The van der Waals surface area contributed by atoms with Crippen molar-refractivity contribution in [2.24, 2.45) is 0 Å². The van der Waals surface area contributed by atoms with Gasteiger partial charge in [-0.05, 0) is 30.5 Å². The molecule has 0 bridgehead atoms. The van der Waals surface area contributed by atoms with Crippen molar-refractivity contribution in [3.05, 3.63) is 23.4 Å². The van der Waals surface area contributed by atoms with Crippen LogP contribution in [0.15, 0.2) is 12.3 Å². The first-order valence-corrected chi connectivity index (χ1v) is 7.18. The predicted molar refractivity (Wildman–Crippen MR) is 78.6 cm³/mol. The molecule has 0 aliphatic carbocycles. The molecule has 1 aliphatic rings. The van der Waals surface area contributed by atoms with E-state index in [0.717, 1.165) is 45.1 Å². The molecule has 1 N–H and O–H groups in total. The maximum atomic E-state index is 5.50. The van der Waals surface area contributed by atoms with Gasteiger partial charge in [-0.3, -0.25) is 0 Å². The lowest BCUT2D eigenvalue weighted by molar-refractivity contribution is 0.152. The highest BCUT2D eigenvalue weighted by Crippen LogP contribution is 2.19. The number of anilines is 1. The van der Waals surface area contributed by atoms with Crippen molar-refractivity contribution in [3.8, 4) is 0 Å². The van der Waals surface area contributed by atoms with Gasteiger partial charge in [0.2, 0.25) is 0 Å². The van der Waals surface area contributed by atoms with Crippen LogP contribution in [-0.2, 0) is 11.3 Å². The van der Waals surface area contributed by atoms with E-state index in [0.29, 0.717) is 6.04 Å². The third kappa shape index (κ3) is 4.18. The van der Waals surface area contributed by atoms with Crippen LogP contribution in [0.5, 0.6) is 0 Å². The minimum absolute atomic E-state index is 0.503. The zero-order valence-electron chi connectivity index (χ0n) is 12.3. The minimum atomic E-state index is 0.503. The van der Waals surface area contributed by atoms with Crippen LogP contribution < -0.4 is 10.2 Å². The van der Waals surface area contributed by atoms with Gasteiger partial charge >= 0.3 is 0 Å². The van der Waals surface area contributed by atoms with Gasteiger partial charge in [-0.25, -0.2) is 4.98 Å². The smallest absolute Gasteiger partial charge is 0.131 e. The fourth-order valence-corrected chi connectivity index (χ4v) is 2.33. The van der Waals surface area contributed by atoms with E-state index in [2.05, 4.69) is 42.0 Å². The highest BCUT2D eigenvalue weighted by Gasteiger charge is 2.13. The molecule has 0 saturated carbocycles. The quantitative estimate of drug-likeness (QED) is 0.903.